The number of β-amino-alcohol motifs (C(OH)–C–C–N with tert-alkyl or cyclic N) is 1. The quantitative estimate of drug-likeness (QED) is 0.445. The molecule has 1 rings (SSSR count). The minimum absolute atomic E-state index is 0.422. The van der Waals surface area contributed by atoms with Crippen molar-refractivity contribution in [3.8, 4) is 0 Å². The Morgan fingerprint density at radius 2 is 2.13 bits per heavy atom. The third-order valence-corrected chi connectivity index (χ3v) is 2.28. The van der Waals surface area contributed by atoms with Crippen LogP contribution < -0.4 is 11.6 Å². The van der Waals surface area contributed by atoms with Gasteiger partial charge in [0.15, 0.2) is 0 Å². The van der Waals surface area contributed by atoms with Gasteiger partial charge in [-0.05, 0) is 13.5 Å². The van der Waals surface area contributed by atoms with Gasteiger partial charge in [0.25, 0.3) is 0 Å². The SMILES string of the molecule is CC.CN1CCC(O)(CN(N)/C=C\N)C1. The first-order valence-electron chi connectivity index (χ1n) is 5.36. The van der Waals surface area contributed by atoms with Gasteiger partial charge < -0.3 is 20.7 Å². The number of likely N-dealkylation sites (N-methyl/N-ethyl adjacent to an activating group) is 1. The van der Waals surface area contributed by atoms with E-state index in [1.807, 2.05) is 20.9 Å². The predicted molar refractivity (Wildman–Crippen MR) is 62.6 cm³/mol. The molecule has 0 radical (unpaired) electrons. The molecule has 0 aliphatic carbocycles. The highest BCUT2D eigenvalue weighted by Gasteiger charge is 2.35. The number of rotatable bonds is 3. The molecule has 0 bridgehead atoms. The van der Waals surface area contributed by atoms with Gasteiger partial charge in [-0.3, -0.25) is 0 Å². The van der Waals surface area contributed by atoms with E-state index in [9.17, 15) is 5.11 Å². The van der Waals surface area contributed by atoms with Crippen molar-refractivity contribution in [1.29, 1.82) is 0 Å². The molecule has 1 aliphatic rings. The lowest BCUT2D eigenvalue weighted by atomic mass is 10.0. The van der Waals surface area contributed by atoms with Crippen LogP contribution in [-0.2, 0) is 0 Å². The smallest absolute Gasteiger partial charge is 0.0975 e. The second-order valence-corrected chi connectivity index (χ2v) is 3.73. The third-order valence-electron chi connectivity index (χ3n) is 2.28. The number of nitrogens with zero attached hydrogens (tertiary/aromatic N) is 2. The zero-order valence-corrected chi connectivity index (χ0v) is 9.98. The van der Waals surface area contributed by atoms with Crippen molar-refractivity contribution in [2.24, 2.45) is 11.6 Å². The fourth-order valence-corrected chi connectivity index (χ4v) is 1.69. The highest BCUT2D eigenvalue weighted by Crippen LogP contribution is 2.20. The van der Waals surface area contributed by atoms with Crippen LogP contribution in [-0.4, -0.2) is 47.3 Å². The van der Waals surface area contributed by atoms with E-state index in [-0.39, 0.29) is 0 Å². The lowest BCUT2D eigenvalue weighted by Gasteiger charge is -2.26. The monoisotopic (exact) mass is 216 g/mol. The van der Waals surface area contributed by atoms with E-state index in [2.05, 4.69) is 4.90 Å². The number of hydrogen-bond acceptors (Lipinski definition) is 5. The molecule has 1 fully saturated rings. The first-order chi connectivity index (χ1) is 7.06. The molecule has 5 N–H and O–H groups in total. The lowest BCUT2D eigenvalue weighted by molar-refractivity contribution is 0.0258. The number of nitrogens with two attached hydrogens (primary N) is 2. The molecular weight excluding hydrogens is 192 g/mol. The fraction of sp³-hybridized carbons (Fsp3) is 0.800. The molecule has 1 atom stereocenters. The van der Waals surface area contributed by atoms with Gasteiger partial charge >= 0.3 is 0 Å². The molecular formula is C10H24N4O. The Balaban J connectivity index is 0.000000921. The Kier molecular flexibility index (Phi) is 6.31. The van der Waals surface area contributed by atoms with Crippen LogP contribution in [0.4, 0.5) is 0 Å². The first-order valence-corrected chi connectivity index (χ1v) is 5.36. The largest absolute Gasteiger partial charge is 0.403 e. The second-order valence-electron chi connectivity index (χ2n) is 3.73. The van der Waals surface area contributed by atoms with Crippen LogP contribution in [0.15, 0.2) is 12.4 Å². The summed E-state index contributed by atoms with van der Waals surface area (Å²) in [4.78, 5) is 2.08. The lowest BCUT2D eigenvalue weighted by Crippen LogP contribution is -2.45. The summed E-state index contributed by atoms with van der Waals surface area (Å²) >= 11 is 0. The van der Waals surface area contributed by atoms with Crippen LogP contribution >= 0.6 is 0 Å². The van der Waals surface area contributed by atoms with Crippen LogP contribution in [0, 0.1) is 0 Å². The summed E-state index contributed by atoms with van der Waals surface area (Å²) in [5.74, 6) is 5.58. The van der Waals surface area contributed by atoms with Crippen LogP contribution in [0.1, 0.15) is 20.3 Å². The van der Waals surface area contributed by atoms with Gasteiger partial charge in [0.05, 0.1) is 12.1 Å². The van der Waals surface area contributed by atoms with Crippen molar-refractivity contribution in [1.82, 2.24) is 9.91 Å². The van der Waals surface area contributed by atoms with Crippen molar-refractivity contribution in [3.63, 3.8) is 0 Å². The normalized spacial score (nSPS) is 26.5. The Morgan fingerprint density at radius 3 is 2.53 bits per heavy atom. The second kappa shape index (κ2) is 6.66. The van der Waals surface area contributed by atoms with Crippen LogP contribution in [0.25, 0.3) is 0 Å². The molecule has 0 amide bonds. The minimum Gasteiger partial charge on any atom is -0.403 e. The van der Waals surface area contributed by atoms with E-state index >= 15 is 0 Å². The maximum Gasteiger partial charge on any atom is 0.0975 e. The molecule has 0 aromatic carbocycles. The number of hydrogen-bond donors (Lipinski definition) is 3. The molecule has 15 heavy (non-hydrogen) atoms. The summed E-state index contributed by atoms with van der Waals surface area (Å²) in [5, 5.41) is 11.4. The van der Waals surface area contributed by atoms with Crippen LogP contribution in [0.2, 0.25) is 0 Å². The first kappa shape index (κ1) is 14.2. The van der Waals surface area contributed by atoms with E-state index < -0.39 is 5.60 Å². The molecule has 5 heteroatoms. The maximum absolute atomic E-state index is 10.0. The van der Waals surface area contributed by atoms with Gasteiger partial charge in [0.1, 0.15) is 0 Å². The summed E-state index contributed by atoms with van der Waals surface area (Å²) in [6.45, 7) is 6.00. The summed E-state index contributed by atoms with van der Waals surface area (Å²) < 4.78 is 0. The molecule has 5 nitrogen and oxygen atoms in total. The van der Waals surface area contributed by atoms with E-state index in [1.165, 1.54) is 11.2 Å². The van der Waals surface area contributed by atoms with Gasteiger partial charge in [-0.15, -0.1) is 0 Å². The summed E-state index contributed by atoms with van der Waals surface area (Å²) in [7, 11) is 1.98. The predicted octanol–water partition coefficient (Wildman–Crippen LogP) is -0.315. The Labute approximate surface area is 92.3 Å². The molecule has 0 spiro atoms. The van der Waals surface area contributed by atoms with E-state index in [0.29, 0.717) is 13.1 Å². The number of likely N-dealkylation sites (tertiary alicyclic amines) is 1. The molecule has 1 aliphatic heterocycles. The molecule has 1 heterocycles. The van der Waals surface area contributed by atoms with Gasteiger partial charge in [0.2, 0.25) is 0 Å². The Hall–Kier alpha value is -0.780. The topological polar surface area (TPSA) is 78.8 Å². The molecule has 90 valence electrons. The van der Waals surface area contributed by atoms with Gasteiger partial charge in [-0.1, -0.05) is 13.8 Å². The van der Waals surface area contributed by atoms with E-state index in [0.717, 1.165) is 13.0 Å². The van der Waals surface area contributed by atoms with Crippen molar-refractivity contribution in [2.45, 2.75) is 25.9 Å². The van der Waals surface area contributed by atoms with E-state index in [1.54, 1.807) is 6.20 Å². The highest BCUT2D eigenvalue weighted by atomic mass is 16.3. The molecule has 1 unspecified atom stereocenters. The summed E-state index contributed by atoms with van der Waals surface area (Å²) in [6.07, 6.45) is 3.67. The van der Waals surface area contributed by atoms with Gasteiger partial charge in [-0.25, -0.2) is 5.84 Å². The Morgan fingerprint density at radius 1 is 1.53 bits per heavy atom. The van der Waals surface area contributed by atoms with Crippen LogP contribution in [0.3, 0.4) is 0 Å². The number of aliphatic hydroxyl groups is 1. The van der Waals surface area contributed by atoms with Crippen molar-refractivity contribution < 1.29 is 5.11 Å². The summed E-state index contributed by atoms with van der Waals surface area (Å²) in [5.41, 5.74) is 4.49. The molecule has 1 saturated heterocycles. The van der Waals surface area contributed by atoms with Crippen LogP contribution in [0.5, 0.6) is 0 Å². The molecule has 0 saturated carbocycles. The fourth-order valence-electron chi connectivity index (χ4n) is 1.69. The van der Waals surface area contributed by atoms with Crippen molar-refractivity contribution in [2.75, 3.05) is 26.7 Å². The highest BCUT2D eigenvalue weighted by molar-refractivity contribution is 4.92. The maximum atomic E-state index is 10.0. The third kappa shape index (κ3) is 5.01. The minimum atomic E-state index is -0.691. The summed E-state index contributed by atoms with van der Waals surface area (Å²) in [6, 6.07) is 0. The Bertz CT molecular complexity index is 198. The van der Waals surface area contributed by atoms with E-state index in [4.69, 9.17) is 11.6 Å². The zero-order valence-electron chi connectivity index (χ0n) is 9.98. The molecule has 0 aromatic rings. The molecule has 0 aromatic heterocycles. The van der Waals surface area contributed by atoms with Crippen molar-refractivity contribution >= 4 is 0 Å². The average molecular weight is 216 g/mol. The number of hydrazine groups is 1. The zero-order chi connectivity index (χ0) is 11.9. The van der Waals surface area contributed by atoms with Gasteiger partial charge in [0, 0.05) is 25.5 Å². The average Bonchev–Trinajstić information content (AvgIpc) is 2.49. The van der Waals surface area contributed by atoms with Gasteiger partial charge in [-0.2, -0.15) is 0 Å². The standard InChI is InChI=1S/C8H18N4O.C2H6/c1-11-4-2-8(13,6-11)7-12(10)5-3-9;1-2/h3,5,13H,2,4,6-7,9-10H2,1H3;1-2H3/b5-3-;. The van der Waals surface area contributed by atoms with Crippen molar-refractivity contribution in [3.05, 3.63) is 12.4 Å².